The number of rotatable bonds is 2. The molecule has 1 N–H and O–H groups in total. The zero-order chi connectivity index (χ0) is 12.4. The highest BCUT2D eigenvalue weighted by molar-refractivity contribution is 7.79. The Kier molecular flexibility index (Phi) is 3.08. The molecule has 0 amide bonds. The summed E-state index contributed by atoms with van der Waals surface area (Å²) in [6.45, 7) is 0. The van der Waals surface area contributed by atoms with Crippen molar-refractivity contribution in [3.63, 3.8) is 0 Å². The van der Waals surface area contributed by atoms with Crippen molar-refractivity contribution in [1.29, 1.82) is 0 Å². The molecule has 1 heterocycles. The average Bonchev–Trinajstić information content (AvgIpc) is 2.33. The molecule has 1 atom stereocenters. The van der Waals surface area contributed by atoms with Crippen LogP contribution in [0.3, 0.4) is 0 Å². The van der Waals surface area contributed by atoms with Gasteiger partial charge in [0.25, 0.3) is 5.56 Å². The predicted molar refractivity (Wildman–Crippen MR) is 60.9 cm³/mol. The van der Waals surface area contributed by atoms with E-state index in [0.29, 0.717) is 0 Å². The molecular weight excluding hydrogens is 242 g/mol. The molecule has 2 aromatic rings. The van der Waals surface area contributed by atoms with Crippen LogP contribution >= 0.6 is 0 Å². The Labute approximate surface area is 99.3 Å². The van der Waals surface area contributed by atoms with E-state index in [4.69, 9.17) is 0 Å². The van der Waals surface area contributed by atoms with Gasteiger partial charge in [-0.15, -0.1) is 0 Å². The second-order valence-corrected chi connectivity index (χ2v) is 4.18. The van der Waals surface area contributed by atoms with Crippen LogP contribution < -0.4 is 5.56 Å². The zero-order valence-corrected chi connectivity index (χ0v) is 9.39. The lowest BCUT2D eigenvalue weighted by molar-refractivity contribution is 0.463. The Bertz CT molecular complexity index is 635. The normalized spacial score (nSPS) is 12.3. The van der Waals surface area contributed by atoms with Gasteiger partial charge >= 0.3 is 0 Å². The third-order valence-corrected chi connectivity index (χ3v) is 2.94. The summed E-state index contributed by atoms with van der Waals surface area (Å²) in [7, 11) is 0. The standard InChI is InChI=1S/C11H9NO4S/c13-9-5-3-7-12(11(9)14)8-4-1-2-6-10(8)17(15)16/h1-7,13H,(H,15,16)/p-1. The minimum absolute atomic E-state index is 0.000185. The fraction of sp³-hybridized carbons (Fsp3) is 0. The fourth-order valence-corrected chi connectivity index (χ4v) is 2.00. The van der Waals surface area contributed by atoms with Gasteiger partial charge < -0.3 is 9.66 Å². The van der Waals surface area contributed by atoms with E-state index in [0.717, 1.165) is 4.57 Å². The Morgan fingerprint density at radius 3 is 2.59 bits per heavy atom. The van der Waals surface area contributed by atoms with E-state index in [2.05, 4.69) is 0 Å². The molecule has 88 valence electrons. The Morgan fingerprint density at radius 2 is 1.88 bits per heavy atom. The van der Waals surface area contributed by atoms with Crippen molar-refractivity contribution in [1.82, 2.24) is 4.57 Å². The third-order valence-electron chi connectivity index (χ3n) is 2.23. The molecule has 5 nitrogen and oxygen atoms in total. The molecule has 0 aliphatic rings. The van der Waals surface area contributed by atoms with Crippen molar-refractivity contribution >= 4 is 11.1 Å². The molecule has 0 aliphatic carbocycles. The van der Waals surface area contributed by atoms with Crippen LogP contribution in [0.5, 0.6) is 5.75 Å². The second kappa shape index (κ2) is 4.52. The van der Waals surface area contributed by atoms with E-state index in [9.17, 15) is 18.7 Å². The number of benzene rings is 1. The zero-order valence-electron chi connectivity index (χ0n) is 8.57. The maximum Gasteiger partial charge on any atom is 0.297 e. The quantitative estimate of drug-likeness (QED) is 0.798. The topological polar surface area (TPSA) is 82.4 Å². The number of hydrogen-bond donors (Lipinski definition) is 1. The van der Waals surface area contributed by atoms with Crippen molar-refractivity contribution < 1.29 is 13.9 Å². The van der Waals surface area contributed by atoms with Crippen molar-refractivity contribution in [3.05, 3.63) is 52.9 Å². The van der Waals surface area contributed by atoms with Gasteiger partial charge in [0.2, 0.25) is 0 Å². The third kappa shape index (κ3) is 2.13. The highest BCUT2D eigenvalue weighted by Gasteiger charge is 2.07. The van der Waals surface area contributed by atoms with Crippen LogP contribution in [0.1, 0.15) is 0 Å². The number of hydrogen-bond acceptors (Lipinski definition) is 4. The molecule has 0 fully saturated rings. The maximum atomic E-state index is 11.7. The van der Waals surface area contributed by atoms with Crippen molar-refractivity contribution in [2.45, 2.75) is 4.90 Å². The van der Waals surface area contributed by atoms with E-state index in [1.807, 2.05) is 0 Å². The van der Waals surface area contributed by atoms with Crippen molar-refractivity contribution in [2.75, 3.05) is 0 Å². The first-order chi connectivity index (χ1) is 8.11. The van der Waals surface area contributed by atoms with E-state index in [1.165, 1.54) is 30.5 Å². The summed E-state index contributed by atoms with van der Waals surface area (Å²) < 4.78 is 23.1. The Hall–Kier alpha value is -1.92. The first-order valence-corrected chi connectivity index (χ1v) is 5.78. The molecule has 0 spiro atoms. The molecule has 1 aromatic carbocycles. The molecule has 1 aromatic heterocycles. The van der Waals surface area contributed by atoms with Gasteiger partial charge in [-0.25, -0.2) is 0 Å². The predicted octanol–water partition coefficient (Wildman–Crippen LogP) is 0.781. The van der Waals surface area contributed by atoms with Gasteiger partial charge in [0.15, 0.2) is 5.75 Å². The molecule has 1 unspecified atom stereocenters. The van der Waals surface area contributed by atoms with Gasteiger partial charge in [0.05, 0.1) is 5.69 Å². The maximum absolute atomic E-state index is 11.7. The highest BCUT2D eigenvalue weighted by Crippen LogP contribution is 2.16. The molecular formula is C11H8NO4S-. The van der Waals surface area contributed by atoms with Gasteiger partial charge in [0.1, 0.15) is 0 Å². The van der Waals surface area contributed by atoms with Crippen LogP contribution in [0.25, 0.3) is 5.69 Å². The number of para-hydroxylation sites is 1. The SMILES string of the molecule is O=c1c(O)cccn1-c1ccccc1S(=O)[O-]. The van der Waals surface area contributed by atoms with E-state index in [-0.39, 0.29) is 10.6 Å². The first kappa shape index (κ1) is 11.6. The largest absolute Gasteiger partial charge is 0.768 e. The van der Waals surface area contributed by atoms with Crippen LogP contribution in [-0.4, -0.2) is 18.4 Å². The Balaban J connectivity index is 2.73. The number of nitrogens with zero attached hydrogens (tertiary/aromatic N) is 1. The van der Waals surface area contributed by atoms with Gasteiger partial charge in [-0.05, 0) is 35.3 Å². The molecule has 0 saturated heterocycles. The second-order valence-electron chi connectivity index (χ2n) is 3.27. The van der Waals surface area contributed by atoms with Crippen molar-refractivity contribution in [3.8, 4) is 11.4 Å². The van der Waals surface area contributed by atoms with E-state index >= 15 is 0 Å². The van der Waals surface area contributed by atoms with Gasteiger partial charge in [0, 0.05) is 11.1 Å². The van der Waals surface area contributed by atoms with Crippen LogP contribution in [0.2, 0.25) is 0 Å². The van der Waals surface area contributed by atoms with Gasteiger partial charge in [-0.2, -0.15) is 0 Å². The highest BCUT2D eigenvalue weighted by atomic mass is 32.2. The van der Waals surface area contributed by atoms with Gasteiger partial charge in [-0.3, -0.25) is 13.6 Å². The van der Waals surface area contributed by atoms with E-state index in [1.54, 1.807) is 12.1 Å². The summed E-state index contributed by atoms with van der Waals surface area (Å²) in [5.74, 6) is -0.431. The summed E-state index contributed by atoms with van der Waals surface area (Å²) in [5, 5.41) is 9.30. The van der Waals surface area contributed by atoms with Crippen LogP contribution in [0.4, 0.5) is 0 Å². The smallest absolute Gasteiger partial charge is 0.297 e. The molecule has 0 radical (unpaired) electrons. The minimum atomic E-state index is -2.45. The van der Waals surface area contributed by atoms with Gasteiger partial charge in [-0.1, -0.05) is 12.1 Å². The lowest BCUT2D eigenvalue weighted by atomic mass is 10.3. The fourth-order valence-electron chi connectivity index (χ4n) is 1.47. The monoisotopic (exact) mass is 250 g/mol. The van der Waals surface area contributed by atoms with Crippen LogP contribution in [0.15, 0.2) is 52.3 Å². The lowest BCUT2D eigenvalue weighted by Gasteiger charge is -2.13. The molecule has 2 rings (SSSR count). The summed E-state index contributed by atoms with van der Waals surface area (Å²) in [5.41, 5.74) is -0.452. The lowest BCUT2D eigenvalue weighted by Crippen LogP contribution is -2.18. The summed E-state index contributed by atoms with van der Waals surface area (Å²) >= 11 is -2.45. The Morgan fingerprint density at radius 1 is 1.18 bits per heavy atom. The van der Waals surface area contributed by atoms with Crippen molar-refractivity contribution in [2.24, 2.45) is 0 Å². The molecule has 0 aliphatic heterocycles. The van der Waals surface area contributed by atoms with Crippen LogP contribution in [0, 0.1) is 0 Å². The number of aromatic hydroxyl groups is 1. The van der Waals surface area contributed by atoms with Crippen LogP contribution in [-0.2, 0) is 11.1 Å². The summed E-state index contributed by atoms with van der Waals surface area (Å²) in [4.78, 5) is 11.7. The minimum Gasteiger partial charge on any atom is -0.768 e. The number of pyridine rings is 1. The molecule has 17 heavy (non-hydrogen) atoms. The summed E-state index contributed by atoms with van der Waals surface area (Å²) in [6, 6.07) is 8.75. The number of aromatic nitrogens is 1. The first-order valence-electron chi connectivity index (χ1n) is 4.70. The summed E-state index contributed by atoms with van der Waals surface area (Å²) in [6.07, 6.45) is 1.40. The average molecular weight is 250 g/mol. The molecule has 0 saturated carbocycles. The van der Waals surface area contributed by atoms with E-state index < -0.39 is 22.4 Å². The molecule has 0 bridgehead atoms. The molecule has 6 heteroatoms.